The average Bonchev–Trinajstić information content (AvgIpc) is 2.97. The van der Waals surface area contributed by atoms with Crippen molar-refractivity contribution in [2.75, 3.05) is 29.9 Å². The molecule has 3 rings (SSSR count). The monoisotopic (exact) mass is 245 g/mol. The molecule has 1 unspecified atom stereocenters. The summed E-state index contributed by atoms with van der Waals surface area (Å²) in [7, 11) is 0. The van der Waals surface area contributed by atoms with Crippen molar-refractivity contribution in [1.29, 1.82) is 0 Å². The Morgan fingerprint density at radius 2 is 2.39 bits per heavy atom. The molecule has 2 aliphatic heterocycles. The fourth-order valence-electron chi connectivity index (χ4n) is 2.83. The van der Waals surface area contributed by atoms with Gasteiger partial charge in [-0.1, -0.05) is 0 Å². The van der Waals surface area contributed by atoms with Gasteiger partial charge in [0.15, 0.2) is 0 Å². The number of rotatable bonds is 2. The number of nitrogens with one attached hydrogen (secondary N) is 2. The summed E-state index contributed by atoms with van der Waals surface area (Å²) >= 11 is 0. The molecule has 0 aromatic heterocycles. The molecule has 96 valence electrons. The number of hydrogen-bond donors (Lipinski definition) is 2. The van der Waals surface area contributed by atoms with Gasteiger partial charge in [0.2, 0.25) is 5.91 Å². The summed E-state index contributed by atoms with van der Waals surface area (Å²) in [5, 5.41) is 6.90. The van der Waals surface area contributed by atoms with Crippen LogP contribution in [0.1, 0.15) is 18.9 Å². The van der Waals surface area contributed by atoms with Gasteiger partial charge in [-0.15, -0.1) is 0 Å². The van der Waals surface area contributed by atoms with Crippen LogP contribution in [0.4, 0.5) is 11.4 Å². The molecule has 1 fully saturated rings. The molecule has 1 aromatic carbocycles. The van der Waals surface area contributed by atoms with Crippen LogP contribution >= 0.6 is 0 Å². The number of amides is 1. The van der Waals surface area contributed by atoms with Gasteiger partial charge in [0.25, 0.3) is 0 Å². The minimum absolute atomic E-state index is 0.134. The summed E-state index contributed by atoms with van der Waals surface area (Å²) in [5.41, 5.74) is 3.53. The fourth-order valence-corrected chi connectivity index (χ4v) is 2.83. The van der Waals surface area contributed by atoms with Gasteiger partial charge in [-0.3, -0.25) is 4.79 Å². The zero-order valence-corrected chi connectivity index (χ0v) is 10.7. The van der Waals surface area contributed by atoms with Crippen molar-refractivity contribution in [3.63, 3.8) is 0 Å². The molecule has 0 bridgehead atoms. The largest absolute Gasteiger partial charge is 0.381 e. The standard InChI is InChI=1S/C14H19N3O/c1-10(18)17-7-5-11-8-12(2-3-14(11)17)16-13-4-6-15-9-13/h2-3,8,13,15-16H,4-7,9H2,1H3. The molecule has 4 heteroatoms. The lowest BCUT2D eigenvalue weighted by atomic mass is 10.1. The normalized spacial score (nSPS) is 22.1. The number of carbonyl (C=O) groups is 1. The van der Waals surface area contributed by atoms with Crippen LogP contribution in [0.25, 0.3) is 0 Å². The minimum Gasteiger partial charge on any atom is -0.381 e. The summed E-state index contributed by atoms with van der Waals surface area (Å²) < 4.78 is 0. The van der Waals surface area contributed by atoms with Crippen LogP contribution in [0.5, 0.6) is 0 Å². The van der Waals surface area contributed by atoms with E-state index in [1.165, 1.54) is 17.7 Å². The van der Waals surface area contributed by atoms with Crippen LogP contribution in [-0.4, -0.2) is 31.6 Å². The van der Waals surface area contributed by atoms with Crippen LogP contribution in [-0.2, 0) is 11.2 Å². The van der Waals surface area contributed by atoms with Gasteiger partial charge in [-0.25, -0.2) is 0 Å². The maximum atomic E-state index is 11.5. The van der Waals surface area contributed by atoms with Crippen molar-refractivity contribution in [3.8, 4) is 0 Å². The molecular weight excluding hydrogens is 226 g/mol. The van der Waals surface area contributed by atoms with Crippen molar-refractivity contribution in [2.45, 2.75) is 25.8 Å². The van der Waals surface area contributed by atoms with Crippen molar-refractivity contribution < 1.29 is 4.79 Å². The summed E-state index contributed by atoms with van der Waals surface area (Å²) in [5.74, 6) is 0.134. The smallest absolute Gasteiger partial charge is 0.223 e. The van der Waals surface area contributed by atoms with Crippen molar-refractivity contribution >= 4 is 17.3 Å². The highest BCUT2D eigenvalue weighted by molar-refractivity contribution is 5.94. The van der Waals surface area contributed by atoms with Gasteiger partial charge < -0.3 is 15.5 Å². The summed E-state index contributed by atoms with van der Waals surface area (Å²) in [6.07, 6.45) is 2.14. The topological polar surface area (TPSA) is 44.4 Å². The maximum absolute atomic E-state index is 11.5. The van der Waals surface area contributed by atoms with E-state index in [2.05, 4.69) is 28.8 Å². The molecule has 0 saturated carbocycles. The third-order valence-electron chi connectivity index (χ3n) is 3.79. The molecule has 2 heterocycles. The van der Waals surface area contributed by atoms with E-state index in [0.29, 0.717) is 6.04 Å². The summed E-state index contributed by atoms with van der Waals surface area (Å²) in [6.45, 7) is 4.59. The molecule has 0 aliphatic carbocycles. The molecular formula is C14H19N3O. The zero-order valence-electron chi connectivity index (χ0n) is 10.7. The Morgan fingerprint density at radius 3 is 3.11 bits per heavy atom. The van der Waals surface area contributed by atoms with Crippen LogP contribution in [0.3, 0.4) is 0 Å². The second-order valence-corrected chi connectivity index (χ2v) is 5.10. The minimum atomic E-state index is 0.134. The second-order valence-electron chi connectivity index (χ2n) is 5.10. The molecule has 0 radical (unpaired) electrons. The first kappa shape index (κ1) is 11.5. The molecule has 18 heavy (non-hydrogen) atoms. The van der Waals surface area contributed by atoms with Crippen LogP contribution in [0, 0.1) is 0 Å². The maximum Gasteiger partial charge on any atom is 0.223 e. The van der Waals surface area contributed by atoms with E-state index < -0.39 is 0 Å². The van der Waals surface area contributed by atoms with Gasteiger partial charge in [-0.05, 0) is 43.1 Å². The van der Waals surface area contributed by atoms with Crippen LogP contribution < -0.4 is 15.5 Å². The molecule has 1 aromatic rings. The van der Waals surface area contributed by atoms with E-state index in [0.717, 1.165) is 31.7 Å². The van der Waals surface area contributed by atoms with E-state index in [1.54, 1.807) is 6.92 Å². The van der Waals surface area contributed by atoms with Crippen molar-refractivity contribution in [3.05, 3.63) is 23.8 Å². The predicted molar refractivity (Wildman–Crippen MR) is 73.1 cm³/mol. The lowest BCUT2D eigenvalue weighted by Crippen LogP contribution is -2.25. The van der Waals surface area contributed by atoms with Crippen LogP contribution in [0.2, 0.25) is 0 Å². The molecule has 0 spiro atoms. The first-order chi connectivity index (χ1) is 8.74. The Morgan fingerprint density at radius 1 is 1.50 bits per heavy atom. The lowest BCUT2D eigenvalue weighted by Gasteiger charge is -2.17. The van der Waals surface area contributed by atoms with Gasteiger partial charge >= 0.3 is 0 Å². The highest BCUT2D eigenvalue weighted by atomic mass is 16.2. The number of carbonyl (C=O) groups excluding carboxylic acids is 1. The number of nitrogens with zero attached hydrogens (tertiary/aromatic N) is 1. The first-order valence-corrected chi connectivity index (χ1v) is 6.62. The lowest BCUT2D eigenvalue weighted by molar-refractivity contribution is -0.116. The second kappa shape index (κ2) is 4.61. The Labute approximate surface area is 107 Å². The number of fused-ring (bicyclic) bond motifs is 1. The molecule has 2 aliphatic rings. The van der Waals surface area contributed by atoms with E-state index >= 15 is 0 Å². The summed E-state index contributed by atoms with van der Waals surface area (Å²) in [4.78, 5) is 13.3. The van der Waals surface area contributed by atoms with Crippen molar-refractivity contribution in [1.82, 2.24) is 5.32 Å². The predicted octanol–water partition coefficient (Wildman–Crippen LogP) is 1.37. The zero-order chi connectivity index (χ0) is 12.5. The Hall–Kier alpha value is -1.55. The Bertz CT molecular complexity index is 466. The summed E-state index contributed by atoms with van der Waals surface area (Å²) in [6, 6.07) is 6.87. The molecule has 1 atom stereocenters. The molecule has 1 amide bonds. The Balaban J connectivity index is 1.77. The van der Waals surface area contributed by atoms with E-state index in [-0.39, 0.29) is 5.91 Å². The van der Waals surface area contributed by atoms with E-state index in [9.17, 15) is 4.79 Å². The van der Waals surface area contributed by atoms with Crippen LogP contribution in [0.15, 0.2) is 18.2 Å². The van der Waals surface area contributed by atoms with Gasteiger partial charge in [-0.2, -0.15) is 0 Å². The fraction of sp³-hybridized carbons (Fsp3) is 0.500. The first-order valence-electron chi connectivity index (χ1n) is 6.62. The van der Waals surface area contributed by atoms with Gasteiger partial charge in [0.1, 0.15) is 0 Å². The number of anilines is 2. The highest BCUT2D eigenvalue weighted by Gasteiger charge is 2.22. The van der Waals surface area contributed by atoms with E-state index in [4.69, 9.17) is 0 Å². The average molecular weight is 245 g/mol. The molecule has 4 nitrogen and oxygen atoms in total. The number of hydrogen-bond acceptors (Lipinski definition) is 3. The molecule has 1 saturated heterocycles. The SMILES string of the molecule is CC(=O)N1CCc2cc(NC3CCNC3)ccc21. The quantitative estimate of drug-likeness (QED) is 0.827. The Kier molecular flexibility index (Phi) is 2.96. The third-order valence-corrected chi connectivity index (χ3v) is 3.79. The van der Waals surface area contributed by atoms with Crippen molar-refractivity contribution in [2.24, 2.45) is 0 Å². The van der Waals surface area contributed by atoms with E-state index in [1.807, 2.05) is 4.90 Å². The number of benzene rings is 1. The van der Waals surface area contributed by atoms with Gasteiger partial charge in [0.05, 0.1) is 0 Å². The highest BCUT2D eigenvalue weighted by Crippen LogP contribution is 2.30. The molecule has 2 N–H and O–H groups in total. The van der Waals surface area contributed by atoms with Gasteiger partial charge in [0, 0.05) is 37.4 Å². The third kappa shape index (κ3) is 2.08.